The zero-order valence-electron chi connectivity index (χ0n) is 5.64. The molecule has 0 bridgehead atoms. The summed E-state index contributed by atoms with van der Waals surface area (Å²) in [7, 11) is 0. The van der Waals surface area contributed by atoms with Gasteiger partial charge in [-0.15, -0.1) is 5.92 Å². The molecule has 2 nitrogen and oxygen atoms in total. The second-order valence-electron chi connectivity index (χ2n) is 1.75. The van der Waals surface area contributed by atoms with Crippen LogP contribution in [-0.2, 0) is 4.79 Å². The molecule has 0 saturated carbocycles. The quantitative estimate of drug-likeness (QED) is 0.542. The summed E-state index contributed by atoms with van der Waals surface area (Å²) in [5.74, 6) is 4.92. The molecule has 0 aliphatic carbocycles. The van der Waals surface area contributed by atoms with E-state index >= 15 is 0 Å². The van der Waals surface area contributed by atoms with Crippen LogP contribution >= 0.6 is 0 Å². The molecule has 0 aromatic rings. The number of hydrogen-bond donors (Lipinski definition) is 1. The smallest absolute Gasteiger partial charge is 0.172 e. The average molecular weight is 126 g/mol. The third kappa shape index (κ3) is 3.75. The van der Waals surface area contributed by atoms with Crippen LogP contribution in [0.15, 0.2) is 0 Å². The van der Waals surface area contributed by atoms with Crippen LogP contribution in [-0.4, -0.2) is 17.0 Å². The SMILES string of the molecule is CC#CCC(=O)C(C)O. The summed E-state index contributed by atoms with van der Waals surface area (Å²) < 4.78 is 0. The molecule has 0 aromatic heterocycles. The number of carbonyl (C=O) groups is 1. The minimum Gasteiger partial charge on any atom is -0.386 e. The molecule has 1 unspecified atom stereocenters. The molecule has 50 valence electrons. The Morgan fingerprint density at radius 2 is 2.33 bits per heavy atom. The van der Waals surface area contributed by atoms with Gasteiger partial charge < -0.3 is 5.11 Å². The van der Waals surface area contributed by atoms with E-state index in [2.05, 4.69) is 11.8 Å². The molecule has 0 amide bonds. The number of aliphatic hydroxyl groups is 1. The first-order valence-electron chi connectivity index (χ1n) is 2.79. The summed E-state index contributed by atoms with van der Waals surface area (Å²) in [6.07, 6.45) is -0.709. The van der Waals surface area contributed by atoms with Gasteiger partial charge in [0.05, 0.1) is 6.42 Å². The van der Waals surface area contributed by atoms with Crippen LogP contribution < -0.4 is 0 Å². The lowest BCUT2D eigenvalue weighted by Gasteiger charge is -1.95. The lowest BCUT2D eigenvalue weighted by atomic mass is 10.2. The van der Waals surface area contributed by atoms with Crippen LogP contribution in [0.1, 0.15) is 20.3 Å². The highest BCUT2D eigenvalue weighted by atomic mass is 16.3. The summed E-state index contributed by atoms with van der Waals surface area (Å²) in [5.41, 5.74) is 0. The highest BCUT2D eigenvalue weighted by Gasteiger charge is 2.04. The molecule has 0 rings (SSSR count). The fourth-order valence-electron chi connectivity index (χ4n) is 0.323. The fourth-order valence-corrected chi connectivity index (χ4v) is 0.323. The number of aliphatic hydroxyl groups excluding tert-OH is 1. The third-order valence-corrected chi connectivity index (χ3v) is 0.905. The molecule has 0 aromatic carbocycles. The number of carbonyl (C=O) groups excluding carboxylic acids is 1. The minimum atomic E-state index is -0.870. The van der Waals surface area contributed by atoms with Gasteiger partial charge in [0.25, 0.3) is 0 Å². The van der Waals surface area contributed by atoms with Crippen molar-refractivity contribution in [2.24, 2.45) is 0 Å². The van der Waals surface area contributed by atoms with E-state index in [0.717, 1.165) is 0 Å². The Morgan fingerprint density at radius 1 is 1.78 bits per heavy atom. The Labute approximate surface area is 54.9 Å². The molecule has 9 heavy (non-hydrogen) atoms. The monoisotopic (exact) mass is 126 g/mol. The van der Waals surface area contributed by atoms with Gasteiger partial charge in [-0.1, -0.05) is 5.92 Å². The van der Waals surface area contributed by atoms with Crippen molar-refractivity contribution in [1.82, 2.24) is 0 Å². The zero-order chi connectivity index (χ0) is 7.28. The van der Waals surface area contributed by atoms with Crippen LogP contribution in [0.3, 0.4) is 0 Å². The van der Waals surface area contributed by atoms with Gasteiger partial charge in [-0.3, -0.25) is 4.79 Å². The van der Waals surface area contributed by atoms with Crippen molar-refractivity contribution < 1.29 is 9.90 Å². The van der Waals surface area contributed by atoms with E-state index in [-0.39, 0.29) is 12.2 Å². The first-order chi connectivity index (χ1) is 4.18. The third-order valence-electron chi connectivity index (χ3n) is 0.905. The largest absolute Gasteiger partial charge is 0.386 e. The lowest BCUT2D eigenvalue weighted by molar-refractivity contribution is -0.125. The van der Waals surface area contributed by atoms with Crippen molar-refractivity contribution in [2.75, 3.05) is 0 Å². The molecule has 0 fully saturated rings. The van der Waals surface area contributed by atoms with Crippen LogP contribution in [0.4, 0.5) is 0 Å². The summed E-state index contributed by atoms with van der Waals surface area (Å²) >= 11 is 0. The highest BCUT2D eigenvalue weighted by Crippen LogP contribution is 1.87. The maximum Gasteiger partial charge on any atom is 0.172 e. The molecule has 2 heteroatoms. The Kier molecular flexibility index (Phi) is 3.74. The van der Waals surface area contributed by atoms with Crippen LogP contribution in [0.25, 0.3) is 0 Å². The van der Waals surface area contributed by atoms with E-state index < -0.39 is 6.10 Å². The molecule has 0 heterocycles. The van der Waals surface area contributed by atoms with E-state index in [1.165, 1.54) is 6.92 Å². The van der Waals surface area contributed by atoms with Crippen LogP contribution in [0.5, 0.6) is 0 Å². The van der Waals surface area contributed by atoms with Gasteiger partial charge in [0.2, 0.25) is 0 Å². The molecule has 0 saturated heterocycles. The molecular weight excluding hydrogens is 116 g/mol. The molecule has 0 spiro atoms. The molecule has 1 N–H and O–H groups in total. The minimum absolute atomic E-state index is 0.161. The van der Waals surface area contributed by atoms with Crippen molar-refractivity contribution in [3.8, 4) is 11.8 Å². The first-order valence-corrected chi connectivity index (χ1v) is 2.79. The topological polar surface area (TPSA) is 37.3 Å². The Morgan fingerprint density at radius 3 is 2.67 bits per heavy atom. The van der Waals surface area contributed by atoms with Gasteiger partial charge in [-0.05, 0) is 13.8 Å². The predicted octanol–water partition coefficient (Wildman–Crippen LogP) is 0.350. The zero-order valence-corrected chi connectivity index (χ0v) is 5.64. The normalized spacial score (nSPS) is 11.4. The van der Waals surface area contributed by atoms with Gasteiger partial charge >= 0.3 is 0 Å². The number of Topliss-reactive ketones (excluding diaryl/α,β-unsaturated/α-hetero) is 1. The second-order valence-corrected chi connectivity index (χ2v) is 1.75. The van der Waals surface area contributed by atoms with Gasteiger partial charge in [0.15, 0.2) is 5.78 Å². The van der Waals surface area contributed by atoms with Gasteiger partial charge in [-0.25, -0.2) is 0 Å². The standard InChI is InChI=1S/C7H10O2/c1-3-4-5-7(9)6(2)8/h6,8H,5H2,1-2H3. The Balaban J connectivity index is 3.60. The average Bonchev–Trinajstić information content (AvgIpc) is 1.82. The van der Waals surface area contributed by atoms with E-state index in [9.17, 15) is 4.79 Å². The first kappa shape index (κ1) is 8.19. The van der Waals surface area contributed by atoms with E-state index in [0.29, 0.717) is 0 Å². The van der Waals surface area contributed by atoms with E-state index in [4.69, 9.17) is 5.11 Å². The summed E-state index contributed by atoms with van der Waals surface area (Å²) in [6, 6.07) is 0. The van der Waals surface area contributed by atoms with Gasteiger partial charge in [0.1, 0.15) is 6.10 Å². The molecule has 0 aliphatic rings. The molecule has 0 aliphatic heterocycles. The summed E-state index contributed by atoms with van der Waals surface area (Å²) in [5, 5.41) is 8.63. The van der Waals surface area contributed by atoms with Gasteiger partial charge in [0, 0.05) is 0 Å². The van der Waals surface area contributed by atoms with Gasteiger partial charge in [-0.2, -0.15) is 0 Å². The fraction of sp³-hybridized carbons (Fsp3) is 0.571. The second kappa shape index (κ2) is 4.11. The van der Waals surface area contributed by atoms with E-state index in [1.54, 1.807) is 6.92 Å². The molecule has 0 radical (unpaired) electrons. The number of hydrogen-bond acceptors (Lipinski definition) is 2. The number of rotatable bonds is 2. The lowest BCUT2D eigenvalue weighted by Crippen LogP contribution is -2.14. The highest BCUT2D eigenvalue weighted by molar-refractivity contribution is 5.84. The Hall–Kier alpha value is -0.810. The van der Waals surface area contributed by atoms with Crippen molar-refractivity contribution in [2.45, 2.75) is 26.4 Å². The summed E-state index contributed by atoms with van der Waals surface area (Å²) in [6.45, 7) is 3.11. The van der Waals surface area contributed by atoms with Crippen molar-refractivity contribution >= 4 is 5.78 Å². The maximum atomic E-state index is 10.5. The van der Waals surface area contributed by atoms with Crippen LogP contribution in [0.2, 0.25) is 0 Å². The number of ketones is 1. The van der Waals surface area contributed by atoms with Crippen LogP contribution in [0, 0.1) is 11.8 Å². The molecular formula is C7H10O2. The van der Waals surface area contributed by atoms with E-state index in [1.807, 2.05) is 0 Å². The van der Waals surface area contributed by atoms with Crippen molar-refractivity contribution in [3.05, 3.63) is 0 Å². The Bertz CT molecular complexity index is 148. The molecule has 1 atom stereocenters. The maximum absolute atomic E-state index is 10.5. The predicted molar refractivity (Wildman–Crippen MR) is 34.8 cm³/mol. The van der Waals surface area contributed by atoms with Crippen molar-refractivity contribution in [1.29, 1.82) is 0 Å². The van der Waals surface area contributed by atoms with Crippen molar-refractivity contribution in [3.63, 3.8) is 0 Å². The summed E-state index contributed by atoms with van der Waals surface area (Å²) in [4.78, 5) is 10.5.